The first kappa shape index (κ1) is 19.6. The Morgan fingerprint density at radius 2 is 1.78 bits per heavy atom. The normalized spacial score (nSPS) is 11.9. The van der Waals surface area contributed by atoms with Crippen LogP contribution in [0.5, 0.6) is 0 Å². The third-order valence-corrected chi connectivity index (χ3v) is 7.09. The van der Waals surface area contributed by atoms with Crippen LogP contribution in [-0.4, -0.2) is 41.6 Å². The molecule has 3 aromatic rings. The zero-order valence-electron chi connectivity index (χ0n) is 15.7. The summed E-state index contributed by atoms with van der Waals surface area (Å²) in [5, 5.41) is 9.36. The van der Waals surface area contributed by atoms with Gasteiger partial charge in [-0.2, -0.15) is 0 Å². The SMILES string of the molecule is Cc1ccc(-c2nnc(SCc3cccc(S(=O)(=O)N(C)C)c3)n2C)cc1. The van der Waals surface area contributed by atoms with E-state index in [1.165, 1.54) is 35.7 Å². The molecular formula is C19H22N4O2S2. The molecule has 0 N–H and O–H groups in total. The second-order valence-corrected chi connectivity index (χ2v) is 9.55. The van der Waals surface area contributed by atoms with E-state index in [1.54, 1.807) is 18.2 Å². The van der Waals surface area contributed by atoms with Gasteiger partial charge < -0.3 is 4.57 Å². The van der Waals surface area contributed by atoms with E-state index in [1.807, 2.05) is 48.9 Å². The van der Waals surface area contributed by atoms with Crippen LogP contribution in [0.15, 0.2) is 58.6 Å². The molecule has 142 valence electrons. The lowest BCUT2D eigenvalue weighted by atomic mass is 10.1. The van der Waals surface area contributed by atoms with Gasteiger partial charge in [-0.15, -0.1) is 10.2 Å². The zero-order valence-corrected chi connectivity index (χ0v) is 17.4. The predicted octanol–water partition coefficient (Wildman–Crippen LogP) is 3.33. The van der Waals surface area contributed by atoms with E-state index in [9.17, 15) is 8.42 Å². The second kappa shape index (κ2) is 7.84. The van der Waals surface area contributed by atoms with Crippen molar-refractivity contribution in [2.45, 2.75) is 22.7 Å². The summed E-state index contributed by atoms with van der Waals surface area (Å²) >= 11 is 1.53. The molecule has 0 aliphatic carbocycles. The summed E-state index contributed by atoms with van der Waals surface area (Å²) in [4.78, 5) is 0.295. The Balaban J connectivity index is 1.77. The van der Waals surface area contributed by atoms with Crippen LogP contribution in [0.2, 0.25) is 0 Å². The first-order chi connectivity index (χ1) is 12.8. The smallest absolute Gasteiger partial charge is 0.242 e. The van der Waals surface area contributed by atoms with Gasteiger partial charge in [0.1, 0.15) is 0 Å². The fourth-order valence-corrected chi connectivity index (χ4v) is 4.38. The van der Waals surface area contributed by atoms with Crippen LogP contribution in [0, 0.1) is 6.92 Å². The molecule has 0 spiro atoms. The van der Waals surface area contributed by atoms with Crippen LogP contribution in [0.4, 0.5) is 0 Å². The van der Waals surface area contributed by atoms with Crippen molar-refractivity contribution < 1.29 is 8.42 Å². The third kappa shape index (κ3) is 4.23. The molecule has 0 saturated carbocycles. The summed E-state index contributed by atoms with van der Waals surface area (Å²) in [5.74, 6) is 1.41. The average molecular weight is 403 g/mol. The lowest BCUT2D eigenvalue weighted by molar-refractivity contribution is 0.520. The number of aryl methyl sites for hydroxylation is 1. The third-order valence-electron chi connectivity index (χ3n) is 4.19. The maximum Gasteiger partial charge on any atom is 0.242 e. The van der Waals surface area contributed by atoms with E-state index < -0.39 is 10.0 Å². The predicted molar refractivity (Wildman–Crippen MR) is 108 cm³/mol. The molecule has 0 unspecified atom stereocenters. The maximum atomic E-state index is 12.3. The quantitative estimate of drug-likeness (QED) is 0.592. The Hall–Kier alpha value is -2.16. The van der Waals surface area contributed by atoms with Gasteiger partial charge in [0.15, 0.2) is 11.0 Å². The van der Waals surface area contributed by atoms with Crippen molar-refractivity contribution in [1.82, 2.24) is 19.1 Å². The Labute approximate surface area is 164 Å². The number of benzene rings is 2. The molecule has 1 heterocycles. The van der Waals surface area contributed by atoms with Crippen molar-refractivity contribution in [1.29, 1.82) is 0 Å². The van der Waals surface area contributed by atoms with E-state index in [0.717, 1.165) is 22.1 Å². The summed E-state index contributed by atoms with van der Waals surface area (Å²) < 4.78 is 27.8. The van der Waals surface area contributed by atoms with Gasteiger partial charge in [-0.1, -0.05) is 53.7 Å². The van der Waals surface area contributed by atoms with Crippen molar-refractivity contribution in [3.63, 3.8) is 0 Å². The monoisotopic (exact) mass is 402 g/mol. The number of thioether (sulfide) groups is 1. The topological polar surface area (TPSA) is 68.1 Å². The van der Waals surface area contributed by atoms with Gasteiger partial charge in [0.2, 0.25) is 10.0 Å². The number of aromatic nitrogens is 3. The van der Waals surface area contributed by atoms with Crippen LogP contribution < -0.4 is 0 Å². The Morgan fingerprint density at radius 1 is 1.07 bits per heavy atom. The van der Waals surface area contributed by atoms with Gasteiger partial charge in [-0.3, -0.25) is 0 Å². The van der Waals surface area contributed by atoms with Gasteiger partial charge in [0.25, 0.3) is 0 Å². The molecule has 0 amide bonds. The zero-order chi connectivity index (χ0) is 19.6. The molecule has 0 radical (unpaired) electrons. The molecule has 27 heavy (non-hydrogen) atoms. The molecule has 0 fully saturated rings. The van der Waals surface area contributed by atoms with Crippen LogP contribution in [0.1, 0.15) is 11.1 Å². The summed E-state index contributed by atoms with van der Waals surface area (Å²) in [5.41, 5.74) is 3.13. The highest BCUT2D eigenvalue weighted by atomic mass is 32.2. The average Bonchev–Trinajstić information content (AvgIpc) is 3.01. The van der Waals surface area contributed by atoms with Crippen LogP contribution >= 0.6 is 11.8 Å². The first-order valence-electron chi connectivity index (χ1n) is 8.40. The van der Waals surface area contributed by atoms with Crippen molar-refractivity contribution in [3.05, 3.63) is 59.7 Å². The molecule has 0 saturated heterocycles. The molecular weight excluding hydrogens is 380 g/mol. The highest BCUT2D eigenvalue weighted by molar-refractivity contribution is 7.98. The van der Waals surface area contributed by atoms with E-state index in [0.29, 0.717) is 10.6 Å². The molecule has 0 atom stereocenters. The standard InChI is InChI=1S/C19H22N4O2S2/c1-14-8-10-16(11-9-14)18-20-21-19(23(18)4)26-13-15-6-5-7-17(12-15)27(24,25)22(2)3/h5-12H,13H2,1-4H3. The Morgan fingerprint density at radius 3 is 2.44 bits per heavy atom. The molecule has 6 nitrogen and oxygen atoms in total. The first-order valence-corrected chi connectivity index (χ1v) is 10.8. The number of hydrogen-bond donors (Lipinski definition) is 0. The largest absolute Gasteiger partial charge is 0.305 e. The van der Waals surface area contributed by atoms with E-state index in [2.05, 4.69) is 10.2 Å². The summed E-state index contributed by atoms with van der Waals surface area (Å²) in [7, 11) is 1.56. The van der Waals surface area contributed by atoms with Crippen molar-refractivity contribution in [3.8, 4) is 11.4 Å². The minimum absolute atomic E-state index is 0.295. The van der Waals surface area contributed by atoms with Crippen molar-refractivity contribution >= 4 is 21.8 Å². The van der Waals surface area contributed by atoms with Crippen LogP contribution in [-0.2, 0) is 22.8 Å². The summed E-state index contributed by atoms with van der Waals surface area (Å²) in [6.07, 6.45) is 0. The maximum absolute atomic E-state index is 12.3. The van der Waals surface area contributed by atoms with E-state index in [4.69, 9.17) is 0 Å². The molecule has 0 bridgehead atoms. The molecule has 0 aliphatic rings. The van der Waals surface area contributed by atoms with Gasteiger partial charge in [0.05, 0.1) is 4.90 Å². The highest BCUT2D eigenvalue weighted by Gasteiger charge is 2.17. The number of hydrogen-bond acceptors (Lipinski definition) is 5. The summed E-state index contributed by atoms with van der Waals surface area (Å²) in [6.45, 7) is 2.05. The highest BCUT2D eigenvalue weighted by Crippen LogP contribution is 2.26. The Bertz CT molecular complexity index is 1040. The van der Waals surface area contributed by atoms with Crippen LogP contribution in [0.3, 0.4) is 0 Å². The minimum atomic E-state index is -3.44. The molecule has 2 aromatic carbocycles. The number of nitrogens with zero attached hydrogens (tertiary/aromatic N) is 4. The molecule has 0 aliphatic heterocycles. The number of rotatable bonds is 6. The summed E-state index contributed by atoms with van der Waals surface area (Å²) in [6, 6.07) is 15.2. The fraction of sp³-hybridized carbons (Fsp3) is 0.263. The van der Waals surface area contributed by atoms with E-state index >= 15 is 0 Å². The van der Waals surface area contributed by atoms with Crippen molar-refractivity contribution in [2.75, 3.05) is 14.1 Å². The second-order valence-electron chi connectivity index (χ2n) is 6.45. The lowest BCUT2D eigenvalue weighted by Gasteiger charge is -2.12. The fourth-order valence-electron chi connectivity index (χ4n) is 2.55. The molecule has 3 rings (SSSR count). The van der Waals surface area contributed by atoms with Crippen LogP contribution in [0.25, 0.3) is 11.4 Å². The lowest BCUT2D eigenvalue weighted by Crippen LogP contribution is -2.22. The number of sulfonamides is 1. The van der Waals surface area contributed by atoms with E-state index in [-0.39, 0.29) is 0 Å². The van der Waals surface area contributed by atoms with Crippen molar-refractivity contribution in [2.24, 2.45) is 7.05 Å². The van der Waals surface area contributed by atoms with Gasteiger partial charge in [0, 0.05) is 32.5 Å². The Kier molecular flexibility index (Phi) is 5.69. The van der Waals surface area contributed by atoms with Gasteiger partial charge in [-0.05, 0) is 24.6 Å². The minimum Gasteiger partial charge on any atom is -0.305 e. The van der Waals surface area contributed by atoms with Gasteiger partial charge >= 0.3 is 0 Å². The molecule has 8 heteroatoms. The molecule has 1 aromatic heterocycles. The van der Waals surface area contributed by atoms with Gasteiger partial charge in [-0.25, -0.2) is 12.7 Å².